The lowest BCUT2D eigenvalue weighted by atomic mass is 10.2. The van der Waals surface area contributed by atoms with Crippen LogP contribution in [0.1, 0.15) is 16.1 Å². The topological polar surface area (TPSA) is 54.6 Å². The molecule has 72 valence electrons. The molecule has 0 aliphatic carbocycles. The van der Waals surface area contributed by atoms with Crippen LogP contribution in [0.15, 0.2) is 18.3 Å². The number of hydrogen-bond acceptors (Lipinski definition) is 2. The van der Waals surface area contributed by atoms with Gasteiger partial charge >= 0.3 is 5.97 Å². The molecule has 0 aliphatic rings. The maximum atomic E-state index is 10.7. The molecule has 0 radical (unpaired) electrons. The van der Waals surface area contributed by atoms with Gasteiger partial charge in [-0.1, -0.05) is 0 Å². The minimum Gasteiger partial charge on any atom is -0.478 e. The smallest absolute Gasteiger partial charge is 0.335 e. The van der Waals surface area contributed by atoms with Gasteiger partial charge < -0.3 is 5.11 Å². The summed E-state index contributed by atoms with van der Waals surface area (Å²) in [6.45, 7) is 1.78. The number of aromatic carboxylic acids is 1. The van der Waals surface area contributed by atoms with Crippen molar-refractivity contribution in [2.45, 2.75) is 6.92 Å². The number of aryl methyl sites for hydroxylation is 1. The zero-order valence-electron chi connectivity index (χ0n) is 7.36. The molecule has 0 atom stereocenters. The first kappa shape index (κ1) is 9.02. The summed E-state index contributed by atoms with van der Waals surface area (Å²) in [7, 11) is 0. The van der Waals surface area contributed by atoms with E-state index in [9.17, 15) is 4.79 Å². The van der Waals surface area contributed by atoms with E-state index in [-0.39, 0.29) is 5.56 Å². The number of halogens is 1. The summed E-state index contributed by atoms with van der Waals surface area (Å²) < 4.78 is 1.64. The van der Waals surface area contributed by atoms with Crippen molar-refractivity contribution in [1.82, 2.24) is 9.38 Å². The molecular formula is C9H7ClN2O2. The van der Waals surface area contributed by atoms with E-state index in [1.165, 1.54) is 6.07 Å². The Labute approximate surface area is 84.8 Å². The van der Waals surface area contributed by atoms with Gasteiger partial charge in [-0.05, 0) is 30.7 Å². The molecule has 0 bridgehead atoms. The predicted octanol–water partition coefficient (Wildman–Crippen LogP) is 1.99. The Balaban J connectivity index is 2.77. The van der Waals surface area contributed by atoms with E-state index in [2.05, 4.69) is 4.98 Å². The number of rotatable bonds is 1. The zero-order chi connectivity index (χ0) is 10.3. The van der Waals surface area contributed by atoms with Crippen LogP contribution in [0.2, 0.25) is 5.28 Å². The molecule has 2 aromatic rings. The van der Waals surface area contributed by atoms with E-state index in [1.807, 2.05) is 0 Å². The second-order valence-corrected chi connectivity index (χ2v) is 3.28. The number of pyridine rings is 1. The minimum absolute atomic E-state index is 0.233. The summed E-state index contributed by atoms with van der Waals surface area (Å²) in [6.07, 6.45) is 1.60. The maximum Gasteiger partial charge on any atom is 0.335 e. The van der Waals surface area contributed by atoms with Crippen LogP contribution in [0.3, 0.4) is 0 Å². The first-order chi connectivity index (χ1) is 6.59. The number of imidazole rings is 1. The van der Waals surface area contributed by atoms with Crippen molar-refractivity contribution in [3.63, 3.8) is 0 Å². The average molecular weight is 211 g/mol. The minimum atomic E-state index is -0.954. The molecule has 0 unspecified atom stereocenters. The summed E-state index contributed by atoms with van der Waals surface area (Å²) in [5.41, 5.74) is 1.67. The molecule has 0 spiro atoms. The Bertz CT molecular complexity index is 519. The monoisotopic (exact) mass is 210 g/mol. The van der Waals surface area contributed by atoms with Gasteiger partial charge in [-0.2, -0.15) is 0 Å². The van der Waals surface area contributed by atoms with E-state index < -0.39 is 5.97 Å². The highest BCUT2D eigenvalue weighted by Crippen LogP contribution is 2.17. The number of nitrogens with zero attached hydrogens (tertiary/aromatic N) is 2. The van der Waals surface area contributed by atoms with Crippen molar-refractivity contribution in [3.8, 4) is 0 Å². The Hall–Kier alpha value is -1.55. The first-order valence-corrected chi connectivity index (χ1v) is 4.35. The highest BCUT2D eigenvalue weighted by Gasteiger charge is 2.09. The standard InChI is InChI=1S/C9H7ClN2O2/c1-5-7-4-6(8(13)14)2-3-12(7)9(10)11-5/h2-4H,1H3,(H,13,14). The molecule has 14 heavy (non-hydrogen) atoms. The summed E-state index contributed by atoms with van der Waals surface area (Å²) in [4.78, 5) is 14.7. The Morgan fingerprint density at radius 3 is 3.00 bits per heavy atom. The number of aromatic nitrogens is 2. The molecular weight excluding hydrogens is 204 g/mol. The molecule has 2 rings (SSSR count). The second kappa shape index (κ2) is 2.99. The third-order valence-corrected chi connectivity index (χ3v) is 2.30. The molecule has 0 saturated carbocycles. The van der Waals surface area contributed by atoms with Crippen molar-refractivity contribution >= 4 is 23.1 Å². The number of fused-ring (bicyclic) bond motifs is 1. The largest absolute Gasteiger partial charge is 0.478 e. The van der Waals surface area contributed by atoms with Gasteiger partial charge in [0, 0.05) is 6.20 Å². The molecule has 4 nitrogen and oxygen atoms in total. The molecule has 2 aromatic heterocycles. The molecule has 5 heteroatoms. The molecule has 0 saturated heterocycles. The van der Waals surface area contributed by atoms with Crippen molar-refractivity contribution in [2.75, 3.05) is 0 Å². The van der Waals surface area contributed by atoms with Crippen molar-refractivity contribution in [1.29, 1.82) is 0 Å². The van der Waals surface area contributed by atoms with Gasteiger partial charge in [0.2, 0.25) is 5.28 Å². The van der Waals surface area contributed by atoms with Crippen LogP contribution in [0, 0.1) is 6.92 Å². The molecule has 0 aliphatic heterocycles. The fourth-order valence-electron chi connectivity index (χ4n) is 1.32. The van der Waals surface area contributed by atoms with Crippen molar-refractivity contribution in [2.24, 2.45) is 0 Å². The van der Waals surface area contributed by atoms with Crippen molar-refractivity contribution < 1.29 is 9.90 Å². The van der Waals surface area contributed by atoms with E-state index in [0.717, 1.165) is 11.2 Å². The molecule has 0 aromatic carbocycles. The Morgan fingerprint density at radius 2 is 2.36 bits per heavy atom. The summed E-state index contributed by atoms with van der Waals surface area (Å²) >= 11 is 5.81. The average Bonchev–Trinajstić information content (AvgIpc) is 2.42. The number of hydrogen-bond donors (Lipinski definition) is 1. The van der Waals surface area contributed by atoms with E-state index in [1.54, 1.807) is 23.6 Å². The summed E-state index contributed by atoms with van der Waals surface area (Å²) in [5, 5.41) is 9.12. The first-order valence-electron chi connectivity index (χ1n) is 3.97. The van der Waals surface area contributed by atoms with Gasteiger partial charge in [0.05, 0.1) is 16.8 Å². The van der Waals surface area contributed by atoms with Gasteiger partial charge in [-0.15, -0.1) is 0 Å². The van der Waals surface area contributed by atoms with Crippen molar-refractivity contribution in [3.05, 3.63) is 34.9 Å². The van der Waals surface area contributed by atoms with Crippen LogP contribution < -0.4 is 0 Å². The van der Waals surface area contributed by atoms with Crippen LogP contribution in [0.25, 0.3) is 5.52 Å². The van der Waals surface area contributed by atoms with Gasteiger partial charge in [-0.3, -0.25) is 4.40 Å². The van der Waals surface area contributed by atoms with E-state index in [4.69, 9.17) is 16.7 Å². The Morgan fingerprint density at radius 1 is 1.64 bits per heavy atom. The fourth-order valence-corrected chi connectivity index (χ4v) is 1.60. The molecule has 1 N–H and O–H groups in total. The molecule has 2 heterocycles. The maximum absolute atomic E-state index is 10.7. The second-order valence-electron chi connectivity index (χ2n) is 2.94. The lowest BCUT2D eigenvalue weighted by Gasteiger charge is -1.97. The third kappa shape index (κ3) is 1.24. The van der Waals surface area contributed by atoms with Gasteiger partial charge in [-0.25, -0.2) is 9.78 Å². The lowest BCUT2D eigenvalue weighted by Crippen LogP contribution is -1.97. The molecule has 0 fully saturated rings. The third-order valence-electron chi connectivity index (χ3n) is 2.03. The van der Waals surface area contributed by atoms with Gasteiger partial charge in [0.15, 0.2) is 0 Å². The normalized spacial score (nSPS) is 10.7. The van der Waals surface area contributed by atoms with Gasteiger partial charge in [0.25, 0.3) is 0 Å². The highest BCUT2D eigenvalue weighted by atomic mass is 35.5. The van der Waals surface area contributed by atoms with Crippen LogP contribution >= 0.6 is 11.6 Å². The zero-order valence-corrected chi connectivity index (χ0v) is 8.12. The highest BCUT2D eigenvalue weighted by molar-refractivity contribution is 6.28. The van der Waals surface area contributed by atoms with Gasteiger partial charge in [0.1, 0.15) is 0 Å². The summed E-state index contributed by atoms with van der Waals surface area (Å²) in [6, 6.07) is 3.04. The van der Waals surface area contributed by atoms with E-state index >= 15 is 0 Å². The lowest BCUT2D eigenvalue weighted by molar-refractivity contribution is 0.0697. The van der Waals surface area contributed by atoms with Crippen LogP contribution in [-0.4, -0.2) is 20.5 Å². The molecule has 0 amide bonds. The Kier molecular flexibility index (Phi) is 1.93. The van der Waals surface area contributed by atoms with Crippen LogP contribution in [0.4, 0.5) is 0 Å². The van der Waals surface area contributed by atoms with Crippen LogP contribution in [0.5, 0.6) is 0 Å². The summed E-state index contributed by atoms with van der Waals surface area (Å²) in [5.74, 6) is -0.954. The number of carbonyl (C=O) groups is 1. The number of carboxylic acid groups (broad SMARTS) is 1. The van der Waals surface area contributed by atoms with E-state index in [0.29, 0.717) is 5.28 Å². The van der Waals surface area contributed by atoms with Crippen LogP contribution in [-0.2, 0) is 0 Å². The quantitative estimate of drug-likeness (QED) is 0.783. The predicted molar refractivity (Wildman–Crippen MR) is 51.9 cm³/mol. The fraction of sp³-hybridized carbons (Fsp3) is 0.111. The SMILES string of the molecule is Cc1nc(Cl)n2ccc(C(=O)O)cc12. The number of carboxylic acids is 1.